The third-order valence-electron chi connectivity index (χ3n) is 4.08. The highest BCUT2D eigenvalue weighted by Gasteiger charge is 2.19. The van der Waals surface area contributed by atoms with Crippen LogP contribution in [0.1, 0.15) is 11.7 Å². The van der Waals surface area contributed by atoms with Gasteiger partial charge in [0.05, 0.1) is 18.1 Å². The van der Waals surface area contributed by atoms with Gasteiger partial charge in [-0.15, -0.1) is 0 Å². The number of aliphatic hydroxyl groups is 1. The van der Waals surface area contributed by atoms with Gasteiger partial charge in [-0.3, -0.25) is 0 Å². The third-order valence-corrected chi connectivity index (χ3v) is 5.50. The summed E-state index contributed by atoms with van der Waals surface area (Å²) in [6.07, 6.45) is -1.04. The first-order chi connectivity index (χ1) is 12.4. The number of hydrogen-bond acceptors (Lipinski definition) is 4. The van der Waals surface area contributed by atoms with Gasteiger partial charge in [0.15, 0.2) is 11.6 Å². The Labute approximate surface area is 151 Å². The highest BCUT2D eigenvalue weighted by molar-refractivity contribution is 7.89. The lowest BCUT2D eigenvalue weighted by Crippen LogP contribution is -2.28. The number of sulfonamides is 1. The molecule has 0 fully saturated rings. The second kappa shape index (κ2) is 7.41. The Hall–Kier alpha value is -2.48. The summed E-state index contributed by atoms with van der Waals surface area (Å²) >= 11 is 0. The second-order valence-electron chi connectivity index (χ2n) is 5.73. The van der Waals surface area contributed by atoms with Crippen LogP contribution in [0.5, 0.6) is 5.75 Å². The number of aliphatic hydroxyl groups excluding tert-OH is 1. The maximum Gasteiger partial charge on any atom is 0.240 e. The minimum atomic E-state index is -3.97. The molecule has 7 heteroatoms. The molecule has 0 aromatic heterocycles. The molecule has 136 valence electrons. The van der Waals surface area contributed by atoms with Crippen LogP contribution in [0.25, 0.3) is 10.8 Å². The maximum absolute atomic E-state index is 13.8. The smallest absolute Gasteiger partial charge is 0.240 e. The molecule has 26 heavy (non-hydrogen) atoms. The first kappa shape index (κ1) is 18.3. The van der Waals surface area contributed by atoms with Crippen molar-refractivity contribution in [2.75, 3.05) is 13.7 Å². The zero-order valence-electron chi connectivity index (χ0n) is 14.0. The molecule has 0 bridgehead atoms. The number of ether oxygens (including phenoxy) is 1. The van der Waals surface area contributed by atoms with Crippen molar-refractivity contribution in [2.45, 2.75) is 11.0 Å². The van der Waals surface area contributed by atoms with E-state index in [0.29, 0.717) is 5.56 Å². The van der Waals surface area contributed by atoms with Gasteiger partial charge in [-0.1, -0.05) is 42.5 Å². The molecule has 0 aliphatic carbocycles. The molecule has 5 nitrogen and oxygen atoms in total. The summed E-state index contributed by atoms with van der Waals surface area (Å²) in [5, 5.41) is 12.2. The van der Waals surface area contributed by atoms with Crippen molar-refractivity contribution in [2.24, 2.45) is 0 Å². The molecule has 0 aliphatic heterocycles. The summed E-state index contributed by atoms with van der Waals surface area (Å²) in [7, 11) is -2.67. The van der Waals surface area contributed by atoms with Crippen LogP contribution in [-0.4, -0.2) is 27.2 Å². The van der Waals surface area contributed by atoms with Crippen LogP contribution in [0.15, 0.2) is 65.6 Å². The van der Waals surface area contributed by atoms with E-state index in [1.54, 1.807) is 12.1 Å². The van der Waals surface area contributed by atoms with Gasteiger partial charge in [-0.25, -0.2) is 17.5 Å². The van der Waals surface area contributed by atoms with Crippen molar-refractivity contribution in [3.05, 3.63) is 72.0 Å². The van der Waals surface area contributed by atoms with E-state index in [4.69, 9.17) is 4.74 Å². The summed E-state index contributed by atoms with van der Waals surface area (Å²) in [4.78, 5) is -0.235. The van der Waals surface area contributed by atoms with Crippen molar-refractivity contribution in [1.82, 2.24) is 4.72 Å². The standard InChI is InChI=1S/C19H18FNO4S/c1-25-19-10-9-14(11-17(19)20)26(23,24)21-12-18(22)16-8-4-6-13-5-2-3-7-15(13)16/h2-11,18,21-22H,12H2,1H3. The summed E-state index contributed by atoms with van der Waals surface area (Å²) in [5.41, 5.74) is 0.617. The SMILES string of the molecule is COc1ccc(S(=O)(=O)NCC(O)c2cccc3ccccc23)cc1F. The molecule has 3 aromatic carbocycles. The van der Waals surface area contributed by atoms with Crippen LogP contribution in [0, 0.1) is 5.82 Å². The fraction of sp³-hybridized carbons (Fsp3) is 0.158. The molecule has 0 amide bonds. The van der Waals surface area contributed by atoms with Crippen molar-refractivity contribution in [3.8, 4) is 5.75 Å². The Morgan fingerprint density at radius 2 is 1.85 bits per heavy atom. The predicted molar refractivity (Wildman–Crippen MR) is 97.0 cm³/mol. The van der Waals surface area contributed by atoms with E-state index in [2.05, 4.69) is 4.72 Å². The van der Waals surface area contributed by atoms with Gasteiger partial charge in [-0.05, 0) is 34.5 Å². The zero-order chi connectivity index (χ0) is 18.7. The zero-order valence-corrected chi connectivity index (χ0v) is 14.8. The Balaban J connectivity index is 1.80. The lowest BCUT2D eigenvalue weighted by Gasteiger charge is -2.15. The molecule has 0 saturated carbocycles. The molecule has 0 spiro atoms. The van der Waals surface area contributed by atoms with Gasteiger partial charge in [0, 0.05) is 6.54 Å². The van der Waals surface area contributed by atoms with E-state index in [1.807, 2.05) is 30.3 Å². The van der Waals surface area contributed by atoms with Crippen molar-refractivity contribution in [3.63, 3.8) is 0 Å². The lowest BCUT2D eigenvalue weighted by molar-refractivity contribution is 0.183. The summed E-state index contributed by atoms with van der Waals surface area (Å²) in [6, 6.07) is 16.3. The average molecular weight is 375 g/mol. The highest BCUT2D eigenvalue weighted by atomic mass is 32.2. The average Bonchev–Trinajstić information content (AvgIpc) is 2.65. The van der Waals surface area contributed by atoms with Gasteiger partial charge in [0.1, 0.15) is 0 Å². The molecule has 0 radical (unpaired) electrons. The second-order valence-corrected chi connectivity index (χ2v) is 7.50. The molecule has 0 heterocycles. The summed E-state index contributed by atoms with van der Waals surface area (Å²) in [6.45, 7) is -0.232. The van der Waals surface area contributed by atoms with Gasteiger partial charge >= 0.3 is 0 Å². The van der Waals surface area contributed by atoms with Crippen LogP contribution in [0.2, 0.25) is 0 Å². The first-order valence-corrected chi connectivity index (χ1v) is 9.39. The van der Waals surface area contributed by atoms with Crippen LogP contribution < -0.4 is 9.46 Å². The number of rotatable bonds is 6. The van der Waals surface area contributed by atoms with E-state index >= 15 is 0 Å². The van der Waals surface area contributed by atoms with Gasteiger partial charge in [0.2, 0.25) is 10.0 Å². The quantitative estimate of drug-likeness (QED) is 0.695. The first-order valence-electron chi connectivity index (χ1n) is 7.91. The van der Waals surface area contributed by atoms with Crippen molar-refractivity contribution >= 4 is 20.8 Å². The number of nitrogens with one attached hydrogen (secondary N) is 1. The Bertz CT molecular complexity index is 1030. The Kier molecular flexibility index (Phi) is 5.22. The van der Waals surface area contributed by atoms with Crippen LogP contribution >= 0.6 is 0 Å². The van der Waals surface area contributed by atoms with E-state index < -0.39 is 21.9 Å². The van der Waals surface area contributed by atoms with E-state index in [0.717, 1.165) is 16.8 Å². The van der Waals surface area contributed by atoms with Crippen molar-refractivity contribution < 1.29 is 22.7 Å². The highest BCUT2D eigenvalue weighted by Crippen LogP contribution is 2.25. The van der Waals surface area contributed by atoms with Gasteiger partial charge < -0.3 is 9.84 Å². The van der Waals surface area contributed by atoms with Gasteiger partial charge in [0.25, 0.3) is 0 Å². The normalized spacial score (nSPS) is 12.9. The molecule has 1 unspecified atom stereocenters. The molecular formula is C19H18FNO4S. The van der Waals surface area contributed by atoms with Crippen molar-refractivity contribution in [1.29, 1.82) is 0 Å². The monoisotopic (exact) mass is 375 g/mol. The minimum absolute atomic E-state index is 0.0419. The number of benzene rings is 3. The molecule has 0 aliphatic rings. The number of fused-ring (bicyclic) bond motifs is 1. The topological polar surface area (TPSA) is 75.6 Å². The number of hydrogen-bond donors (Lipinski definition) is 2. The molecule has 3 rings (SSSR count). The van der Waals surface area contributed by atoms with Crippen LogP contribution in [0.4, 0.5) is 4.39 Å². The number of halogens is 1. The summed E-state index contributed by atoms with van der Waals surface area (Å²) < 4.78 is 45.6. The third kappa shape index (κ3) is 3.70. The van der Waals surface area contributed by atoms with E-state index in [1.165, 1.54) is 19.2 Å². The fourth-order valence-electron chi connectivity index (χ4n) is 2.74. The molecule has 2 N–H and O–H groups in total. The minimum Gasteiger partial charge on any atom is -0.494 e. The van der Waals surface area contributed by atoms with E-state index in [-0.39, 0.29) is 17.2 Å². The predicted octanol–water partition coefficient (Wildman–Crippen LogP) is 3.00. The largest absolute Gasteiger partial charge is 0.494 e. The lowest BCUT2D eigenvalue weighted by atomic mass is 10.0. The fourth-order valence-corrected chi connectivity index (χ4v) is 3.79. The van der Waals surface area contributed by atoms with Crippen LogP contribution in [-0.2, 0) is 10.0 Å². The Morgan fingerprint density at radius 3 is 2.58 bits per heavy atom. The molecule has 1 atom stereocenters. The van der Waals surface area contributed by atoms with Gasteiger partial charge in [-0.2, -0.15) is 0 Å². The number of methoxy groups -OCH3 is 1. The van der Waals surface area contributed by atoms with Crippen LogP contribution in [0.3, 0.4) is 0 Å². The molecule has 0 saturated heterocycles. The molecule has 3 aromatic rings. The Morgan fingerprint density at radius 1 is 1.12 bits per heavy atom. The van der Waals surface area contributed by atoms with E-state index in [9.17, 15) is 17.9 Å². The summed E-state index contributed by atoms with van der Waals surface area (Å²) in [5.74, 6) is -0.815. The molecular weight excluding hydrogens is 357 g/mol. The maximum atomic E-state index is 13.8.